The maximum absolute atomic E-state index is 12.3. The monoisotopic (exact) mass is 298 g/mol. The van der Waals surface area contributed by atoms with Crippen molar-refractivity contribution >= 4 is 26.2 Å². The quantitative estimate of drug-likeness (QED) is 0.800. The Morgan fingerprint density at radius 3 is 2.67 bits per heavy atom. The van der Waals surface area contributed by atoms with Crippen molar-refractivity contribution < 1.29 is 8.42 Å². The zero-order valence-corrected chi connectivity index (χ0v) is 12.9. The Morgan fingerprint density at radius 1 is 1.05 bits per heavy atom. The lowest BCUT2D eigenvalue weighted by Crippen LogP contribution is -2.26. The third kappa shape index (κ3) is 1.87. The van der Waals surface area contributed by atoms with E-state index in [0.717, 1.165) is 12.8 Å². The molecule has 0 spiro atoms. The van der Waals surface area contributed by atoms with Crippen molar-refractivity contribution in [2.45, 2.75) is 36.7 Å². The molecule has 0 radical (unpaired) electrons. The summed E-state index contributed by atoms with van der Waals surface area (Å²) in [4.78, 5) is 0. The molecule has 2 aromatic carbocycles. The standard InChI is InChI=1S/C18H18O2S/c1-12-6-7-13-4-2-3-5-17(13)18(12)14-10-15-8-9-16(11-14)21(15,19)20/h2-7,10,15-16H,8-9,11H2,1H3. The molecule has 0 N–H and O–H groups in total. The first-order valence-electron chi connectivity index (χ1n) is 7.49. The average molecular weight is 298 g/mol. The van der Waals surface area contributed by atoms with E-state index >= 15 is 0 Å². The molecule has 2 unspecified atom stereocenters. The average Bonchev–Trinajstić information content (AvgIpc) is 2.67. The molecule has 0 saturated carbocycles. The van der Waals surface area contributed by atoms with Gasteiger partial charge >= 0.3 is 0 Å². The Labute approximate surface area is 125 Å². The number of rotatable bonds is 1. The van der Waals surface area contributed by atoms with Gasteiger partial charge in [-0.3, -0.25) is 0 Å². The van der Waals surface area contributed by atoms with Gasteiger partial charge in [0.2, 0.25) is 0 Å². The second-order valence-corrected chi connectivity index (χ2v) is 8.65. The summed E-state index contributed by atoms with van der Waals surface area (Å²) in [5.74, 6) is 0. The number of aryl methyl sites for hydroxylation is 1. The van der Waals surface area contributed by atoms with E-state index in [9.17, 15) is 8.42 Å². The summed E-state index contributed by atoms with van der Waals surface area (Å²) in [7, 11) is -2.91. The van der Waals surface area contributed by atoms with E-state index in [4.69, 9.17) is 0 Å². The molecule has 21 heavy (non-hydrogen) atoms. The van der Waals surface area contributed by atoms with Crippen LogP contribution in [0, 0.1) is 6.92 Å². The second-order valence-electron chi connectivity index (χ2n) is 6.20. The maximum atomic E-state index is 12.3. The summed E-state index contributed by atoms with van der Waals surface area (Å²) in [5, 5.41) is 2.03. The summed E-state index contributed by atoms with van der Waals surface area (Å²) in [6.07, 6.45) is 4.30. The molecule has 2 atom stereocenters. The van der Waals surface area contributed by atoms with Crippen molar-refractivity contribution in [1.29, 1.82) is 0 Å². The lowest BCUT2D eigenvalue weighted by molar-refractivity contribution is 0.585. The van der Waals surface area contributed by atoms with E-state index in [1.807, 2.05) is 12.1 Å². The summed E-state index contributed by atoms with van der Waals surface area (Å²) in [6.45, 7) is 2.12. The van der Waals surface area contributed by atoms with Gasteiger partial charge in [-0.1, -0.05) is 42.5 Å². The van der Waals surface area contributed by atoms with Gasteiger partial charge < -0.3 is 0 Å². The Hall–Kier alpha value is -1.61. The minimum absolute atomic E-state index is 0.166. The summed E-state index contributed by atoms with van der Waals surface area (Å²) in [6, 6.07) is 12.6. The Balaban J connectivity index is 1.95. The molecule has 0 amide bonds. The van der Waals surface area contributed by atoms with Crippen LogP contribution in [-0.4, -0.2) is 18.9 Å². The first-order chi connectivity index (χ1) is 10.1. The third-order valence-corrected chi connectivity index (χ3v) is 7.50. The zero-order valence-electron chi connectivity index (χ0n) is 12.0. The van der Waals surface area contributed by atoms with Gasteiger partial charge in [-0.2, -0.15) is 0 Å². The van der Waals surface area contributed by atoms with Gasteiger partial charge in [0.15, 0.2) is 9.84 Å². The van der Waals surface area contributed by atoms with Gasteiger partial charge in [0.05, 0.1) is 10.5 Å². The molecule has 2 nitrogen and oxygen atoms in total. The number of sulfone groups is 1. The highest BCUT2D eigenvalue weighted by Crippen LogP contribution is 2.43. The highest BCUT2D eigenvalue weighted by molar-refractivity contribution is 7.93. The Morgan fingerprint density at radius 2 is 1.86 bits per heavy atom. The minimum atomic E-state index is -2.91. The van der Waals surface area contributed by atoms with Crippen LogP contribution < -0.4 is 0 Å². The van der Waals surface area contributed by atoms with Crippen LogP contribution in [0.5, 0.6) is 0 Å². The van der Waals surface area contributed by atoms with Gasteiger partial charge in [0.25, 0.3) is 0 Å². The fourth-order valence-corrected chi connectivity index (χ4v) is 6.04. The molecule has 1 fully saturated rings. The molecule has 2 bridgehead atoms. The van der Waals surface area contributed by atoms with Crippen LogP contribution >= 0.6 is 0 Å². The highest BCUT2D eigenvalue weighted by atomic mass is 32.2. The van der Waals surface area contributed by atoms with Crippen molar-refractivity contribution in [2.24, 2.45) is 0 Å². The lowest BCUT2D eigenvalue weighted by atomic mass is 9.91. The fraction of sp³-hybridized carbons (Fsp3) is 0.333. The number of fused-ring (bicyclic) bond motifs is 3. The van der Waals surface area contributed by atoms with Crippen LogP contribution in [-0.2, 0) is 9.84 Å². The lowest BCUT2D eigenvalue weighted by Gasteiger charge is -2.23. The van der Waals surface area contributed by atoms with Gasteiger partial charge in [-0.05, 0) is 53.7 Å². The molecular formula is C18H18O2S. The number of benzene rings is 2. The van der Waals surface area contributed by atoms with Gasteiger partial charge in [0, 0.05) is 0 Å². The first kappa shape index (κ1) is 13.1. The minimum Gasteiger partial charge on any atom is -0.228 e. The van der Waals surface area contributed by atoms with Crippen molar-refractivity contribution in [2.75, 3.05) is 0 Å². The number of hydrogen-bond donors (Lipinski definition) is 0. The number of allylic oxidation sites excluding steroid dienone is 1. The van der Waals surface area contributed by atoms with Crippen LogP contribution in [0.25, 0.3) is 16.3 Å². The summed E-state index contributed by atoms with van der Waals surface area (Å²) >= 11 is 0. The molecule has 0 aliphatic carbocycles. The topological polar surface area (TPSA) is 34.1 Å². The van der Waals surface area contributed by atoms with Gasteiger partial charge in [-0.25, -0.2) is 8.42 Å². The van der Waals surface area contributed by atoms with Crippen molar-refractivity contribution in [3.63, 3.8) is 0 Å². The van der Waals surface area contributed by atoms with E-state index in [-0.39, 0.29) is 10.5 Å². The smallest absolute Gasteiger partial charge is 0.159 e. The molecule has 0 aromatic heterocycles. The fourth-order valence-electron chi connectivity index (χ4n) is 3.85. The molecule has 2 aromatic rings. The first-order valence-corrected chi connectivity index (χ1v) is 9.10. The zero-order chi connectivity index (χ0) is 14.6. The van der Waals surface area contributed by atoms with Crippen LogP contribution in [0.1, 0.15) is 30.4 Å². The van der Waals surface area contributed by atoms with Crippen LogP contribution in [0.15, 0.2) is 42.5 Å². The maximum Gasteiger partial charge on any atom is 0.159 e. The molecule has 2 aliphatic rings. The van der Waals surface area contributed by atoms with Gasteiger partial charge in [-0.15, -0.1) is 0 Å². The van der Waals surface area contributed by atoms with Crippen LogP contribution in [0.2, 0.25) is 0 Å². The Kier molecular flexibility index (Phi) is 2.77. The van der Waals surface area contributed by atoms with E-state index in [0.29, 0.717) is 6.42 Å². The number of hydrogen-bond acceptors (Lipinski definition) is 2. The SMILES string of the molecule is Cc1ccc2ccccc2c1C1=CC2CCC(C1)S2(=O)=O. The second kappa shape index (κ2) is 4.44. The predicted octanol–water partition coefficient (Wildman–Crippen LogP) is 3.88. The molecular weight excluding hydrogens is 280 g/mol. The molecule has 2 aliphatic heterocycles. The van der Waals surface area contributed by atoms with Crippen molar-refractivity contribution in [3.05, 3.63) is 53.6 Å². The van der Waals surface area contributed by atoms with Crippen LogP contribution in [0.4, 0.5) is 0 Å². The van der Waals surface area contributed by atoms with Gasteiger partial charge in [0.1, 0.15) is 0 Å². The van der Waals surface area contributed by atoms with E-state index in [1.54, 1.807) is 0 Å². The molecule has 108 valence electrons. The largest absolute Gasteiger partial charge is 0.228 e. The predicted molar refractivity (Wildman–Crippen MR) is 87.0 cm³/mol. The van der Waals surface area contributed by atoms with Crippen molar-refractivity contribution in [1.82, 2.24) is 0 Å². The highest BCUT2D eigenvalue weighted by Gasteiger charge is 2.43. The van der Waals surface area contributed by atoms with Crippen molar-refractivity contribution in [3.8, 4) is 0 Å². The molecule has 3 heteroatoms. The Bertz CT molecular complexity index is 862. The van der Waals surface area contributed by atoms with E-state index in [2.05, 4.69) is 37.3 Å². The summed E-state index contributed by atoms with van der Waals surface area (Å²) < 4.78 is 24.5. The molecule has 1 saturated heterocycles. The normalized spacial score (nSPS) is 26.8. The molecule has 2 heterocycles. The summed E-state index contributed by atoms with van der Waals surface area (Å²) in [5.41, 5.74) is 3.71. The molecule has 4 rings (SSSR count). The van der Waals surface area contributed by atoms with Crippen LogP contribution in [0.3, 0.4) is 0 Å². The van der Waals surface area contributed by atoms with E-state index < -0.39 is 9.84 Å². The third-order valence-electron chi connectivity index (χ3n) is 4.95. The van der Waals surface area contributed by atoms with E-state index in [1.165, 1.54) is 27.5 Å².